The van der Waals surface area contributed by atoms with Gasteiger partial charge in [0.1, 0.15) is 0 Å². The highest BCUT2D eigenvalue weighted by atomic mass is 35.5. The lowest BCUT2D eigenvalue weighted by atomic mass is 9.96. The molecule has 0 radical (unpaired) electrons. The van der Waals surface area contributed by atoms with Crippen molar-refractivity contribution in [3.8, 4) is 0 Å². The van der Waals surface area contributed by atoms with E-state index in [0.29, 0.717) is 5.92 Å². The van der Waals surface area contributed by atoms with Gasteiger partial charge in [0.2, 0.25) is 0 Å². The fourth-order valence-corrected chi connectivity index (χ4v) is 2.17. The lowest BCUT2D eigenvalue weighted by Gasteiger charge is -2.14. The molecule has 2 rings (SSSR count). The second-order valence-electron chi connectivity index (χ2n) is 3.66. The summed E-state index contributed by atoms with van der Waals surface area (Å²) in [5.74, 6) is 0.331. The number of benzene rings is 1. The van der Waals surface area contributed by atoms with E-state index in [1.165, 1.54) is 5.56 Å². The van der Waals surface area contributed by atoms with E-state index in [4.69, 9.17) is 11.6 Å². The summed E-state index contributed by atoms with van der Waals surface area (Å²) < 4.78 is 0. The summed E-state index contributed by atoms with van der Waals surface area (Å²) in [5, 5.41) is 10.4. The van der Waals surface area contributed by atoms with Gasteiger partial charge in [-0.25, -0.2) is 0 Å². The van der Waals surface area contributed by atoms with Crippen LogP contribution in [0.4, 0.5) is 0 Å². The van der Waals surface area contributed by atoms with E-state index >= 15 is 0 Å². The molecule has 2 heteroatoms. The minimum Gasteiger partial charge on any atom is -0.392 e. The highest BCUT2D eigenvalue weighted by Gasteiger charge is 2.26. The molecule has 0 heterocycles. The monoisotopic (exact) mass is 196 g/mol. The summed E-state index contributed by atoms with van der Waals surface area (Å²) in [6, 6.07) is 7.81. The molecule has 1 nitrogen and oxygen atoms in total. The van der Waals surface area contributed by atoms with Crippen molar-refractivity contribution in [3.05, 3.63) is 34.9 Å². The van der Waals surface area contributed by atoms with Crippen LogP contribution in [0.3, 0.4) is 0 Å². The van der Waals surface area contributed by atoms with E-state index in [2.05, 4.69) is 0 Å². The van der Waals surface area contributed by atoms with Crippen molar-refractivity contribution in [1.82, 2.24) is 0 Å². The van der Waals surface area contributed by atoms with Crippen LogP contribution in [-0.4, -0.2) is 11.2 Å². The number of hydrogen-bond acceptors (Lipinski definition) is 1. The largest absolute Gasteiger partial charge is 0.392 e. The third kappa shape index (κ3) is 1.87. The lowest BCUT2D eigenvalue weighted by molar-refractivity contribution is 0.164. The zero-order chi connectivity index (χ0) is 9.26. The Kier molecular flexibility index (Phi) is 2.56. The van der Waals surface area contributed by atoms with E-state index in [1.807, 2.05) is 24.3 Å². The summed E-state index contributed by atoms with van der Waals surface area (Å²) in [6.07, 6.45) is 3.02. The first kappa shape index (κ1) is 9.04. The molecule has 0 spiro atoms. The van der Waals surface area contributed by atoms with Crippen LogP contribution in [0.2, 0.25) is 5.02 Å². The van der Waals surface area contributed by atoms with Crippen LogP contribution in [0, 0.1) is 0 Å². The molecule has 2 atom stereocenters. The maximum atomic E-state index is 9.68. The molecular weight excluding hydrogens is 184 g/mol. The quantitative estimate of drug-likeness (QED) is 0.732. The normalized spacial score (nSPS) is 27.8. The van der Waals surface area contributed by atoms with Crippen LogP contribution in [0.25, 0.3) is 0 Å². The minimum atomic E-state index is -0.152. The molecule has 0 saturated heterocycles. The molecule has 1 aromatic carbocycles. The standard InChI is InChI=1S/C11H13ClO/c12-9-6-4-8(5-7-9)10-2-1-3-11(10)13/h4-7,10-11,13H,1-3H2/t10-,11-/m0/s1. The molecule has 1 fully saturated rings. The highest BCUT2D eigenvalue weighted by Crippen LogP contribution is 2.34. The first-order valence-corrected chi connectivity index (χ1v) is 5.09. The van der Waals surface area contributed by atoms with Gasteiger partial charge in [0.15, 0.2) is 0 Å². The van der Waals surface area contributed by atoms with Crippen LogP contribution in [0.15, 0.2) is 24.3 Å². The lowest BCUT2D eigenvalue weighted by Crippen LogP contribution is -2.10. The topological polar surface area (TPSA) is 20.2 Å². The minimum absolute atomic E-state index is 0.152. The van der Waals surface area contributed by atoms with Gasteiger partial charge in [0.25, 0.3) is 0 Å². The summed E-state index contributed by atoms with van der Waals surface area (Å²) in [6.45, 7) is 0. The molecule has 1 N–H and O–H groups in total. The smallest absolute Gasteiger partial charge is 0.0608 e. The van der Waals surface area contributed by atoms with Crippen molar-refractivity contribution in [3.63, 3.8) is 0 Å². The molecule has 1 aliphatic rings. The Morgan fingerprint density at radius 3 is 2.38 bits per heavy atom. The van der Waals surface area contributed by atoms with Gasteiger partial charge in [-0.3, -0.25) is 0 Å². The Balaban J connectivity index is 2.20. The van der Waals surface area contributed by atoms with Gasteiger partial charge < -0.3 is 5.11 Å². The number of aliphatic hydroxyl groups is 1. The summed E-state index contributed by atoms with van der Waals surface area (Å²) in [5.41, 5.74) is 1.22. The highest BCUT2D eigenvalue weighted by molar-refractivity contribution is 6.30. The van der Waals surface area contributed by atoms with Crippen LogP contribution >= 0.6 is 11.6 Å². The van der Waals surface area contributed by atoms with Crippen LogP contribution in [0.1, 0.15) is 30.7 Å². The molecular formula is C11H13ClO. The van der Waals surface area contributed by atoms with Crippen molar-refractivity contribution in [2.75, 3.05) is 0 Å². The van der Waals surface area contributed by atoms with Crippen LogP contribution < -0.4 is 0 Å². The SMILES string of the molecule is O[C@H]1CCC[C@H]1c1ccc(Cl)cc1. The molecule has 70 valence electrons. The van der Waals surface area contributed by atoms with Gasteiger partial charge in [-0.1, -0.05) is 30.2 Å². The fourth-order valence-electron chi connectivity index (χ4n) is 2.04. The van der Waals surface area contributed by atoms with E-state index in [0.717, 1.165) is 24.3 Å². The molecule has 1 saturated carbocycles. The molecule has 1 aromatic rings. The molecule has 0 amide bonds. The van der Waals surface area contributed by atoms with Crippen molar-refractivity contribution in [2.24, 2.45) is 0 Å². The molecule has 13 heavy (non-hydrogen) atoms. The second-order valence-corrected chi connectivity index (χ2v) is 4.09. The summed E-state index contributed by atoms with van der Waals surface area (Å²) >= 11 is 5.79. The van der Waals surface area contributed by atoms with Crippen LogP contribution in [0.5, 0.6) is 0 Å². The number of rotatable bonds is 1. The predicted octanol–water partition coefficient (Wildman–Crippen LogP) is 2.97. The maximum Gasteiger partial charge on any atom is 0.0608 e. The zero-order valence-corrected chi connectivity index (χ0v) is 8.17. The van der Waals surface area contributed by atoms with Gasteiger partial charge in [-0.2, -0.15) is 0 Å². The summed E-state index contributed by atoms with van der Waals surface area (Å²) in [4.78, 5) is 0. The van der Waals surface area contributed by atoms with Gasteiger partial charge in [-0.15, -0.1) is 0 Å². The Morgan fingerprint density at radius 1 is 1.15 bits per heavy atom. The first-order valence-electron chi connectivity index (χ1n) is 4.71. The van der Waals surface area contributed by atoms with Crippen molar-refractivity contribution in [2.45, 2.75) is 31.3 Å². The number of halogens is 1. The van der Waals surface area contributed by atoms with Crippen molar-refractivity contribution in [1.29, 1.82) is 0 Å². The predicted molar refractivity (Wildman–Crippen MR) is 54.1 cm³/mol. The van der Waals surface area contributed by atoms with Gasteiger partial charge >= 0.3 is 0 Å². The third-order valence-electron chi connectivity index (χ3n) is 2.78. The third-order valence-corrected chi connectivity index (χ3v) is 3.03. The average Bonchev–Trinajstić information content (AvgIpc) is 2.53. The number of hydrogen-bond donors (Lipinski definition) is 1. The number of aliphatic hydroxyl groups excluding tert-OH is 1. The fraction of sp³-hybridized carbons (Fsp3) is 0.455. The summed E-state index contributed by atoms with van der Waals surface area (Å²) in [7, 11) is 0. The maximum absolute atomic E-state index is 9.68. The Morgan fingerprint density at radius 2 is 1.85 bits per heavy atom. The van der Waals surface area contributed by atoms with Crippen molar-refractivity contribution >= 4 is 11.6 Å². The van der Waals surface area contributed by atoms with Gasteiger partial charge in [-0.05, 0) is 30.5 Å². The van der Waals surface area contributed by atoms with Gasteiger partial charge in [0.05, 0.1) is 6.10 Å². The molecule has 0 bridgehead atoms. The molecule has 0 aliphatic heterocycles. The Labute approximate surface area is 83.3 Å². The second kappa shape index (κ2) is 3.69. The zero-order valence-electron chi connectivity index (χ0n) is 7.41. The average molecular weight is 197 g/mol. The van der Waals surface area contributed by atoms with Gasteiger partial charge in [0, 0.05) is 10.9 Å². The first-order chi connectivity index (χ1) is 6.27. The van der Waals surface area contributed by atoms with E-state index in [9.17, 15) is 5.11 Å². The van der Waals surface area contributed by atoms with E-state index in [1.54, 1.807) is 0 Å². The van der Waals surface area contributed by atoms with Crippen LogP contribution in [-0.2, 0) is 0 Å². The molecule has 0 unspecified atom stereocenters. The van der Waals surface area contributed by atoms with Crippen molar-refractivity contribution < 1.29 is 5.11 Å². The van der Waals surface area contributed by atoms with E-state index in [-0.39, 0.29) is 6.10 Å². The Hall–Kier alpha value is -0.530. The molecule has 1 aliphatic carbocycles. The Bertz CT molecular complexity index is 281. The molecule has 0 aromatic heterocycles. The van der Waals surface area contributed by atoms with E-state index < -0.39 is 0 Å².